The van der Waals surface area contributed by atoms with Gasteiger partial charge in [0.15, 0.2) is 0 Å². The molecule has 2 heteroatoms. The van der Waals surface area contributed by atoms with Crippen LogP contribution >= 0.6 is 0 Å². The van der Waals surface area contributed by atoms with E-state index < -0.39 is 0 Å². The number of amides is 1. The van der Waals surface area contributed by atoms with Gasteiger partial charge in [0.05, 0.1) is 0 Å². The van der Waals surface area contributed by atoms with E-state index in [1.54, 1.807) is 0 Å². The molecule has 0 aromatic heterocycles. The molecule has 0 radical (unpaired) electrons. The Morgan fingerprint density at radius 2 is 2.08 bits per heavy atom. The molecule has 1 amide bonds. The first-order chi connectivity index (χ1) is 6.11. The second-order valence-electron chi connectivity index (χ2n) is 3.52. The monoisotopic (exact) mass is 183 g/mol. The van der Waals surface area contributed by atoms with Crippen LogP contribution in [-0.2, 0) is 4.79 Å². The fourth-order valence-corrected chi connectivity index (χ4v) is 1.28. The first-order valence-corrected chi connectivity index (χ1v) is 5.08. The van der Waals surface area contributed by atoms with Crippen LogP contribution in [0.1, 0.15) is 46.5 Å². The molecular weight excluding hydrogens is 162 g/mol. The molecule has 0 aliphatic heterocycles. The van der Waals surface area contributed by atoms with E-state index in [9.17, 15) is 4.79 Å². The lowest BCUT2D eigenvalue weighted by Gasteiger charge is -2.13. The summed E-state index contributed by atoms with van der Waals surface area (Å²) in [5.74, 6) is 0.292. The molecule has 0 aliphatic rings. The number of carbonyl (C=O) groups excluding carboxylic acids is 1. The molecule has 0 aromatic rings. The Morgan fingerprint density at radius 1 is 1.46 bits per heavy atom. The molecule has 0 rings (SSSR count). The van der Waals surface area contributed by atoms with E-state index in [0.29, 0.717) is 0 Å². The summed E-state index contributed by atoms with van der Waals surface area (Å²) in [6.45, 7) is 9.67. The summed E-state index contributed by atoms with van der Waals surface area (Å²) >= 11 is 0. The number of allylic oxidation sites excluding steroid dienone is 1. The zero-order valence-corrected chi connectivity index (χ0v) is 9.02. The van der Waals surface area contributed by atoms with E-state index in [1.807, 2.05) is 6.92 Å². The van der Waals surface area contributed by atoms with Gasteiger partial charge >= 0.3 is 0 Å². The molecule has 1 unspecified atom stereocenters. The van der Waals surface area contributed by atoms with Crippen molar-refractivity contribution in [3.63, 3.8) is 0 Å². The summed E-state index contributed by atoms with van der Waals surface area (Å²) in [4.78, 5) is 11.5. The Labute approximate surface area is 81.4 Å². The van der Waals surface area contributed by atoms with Crippen molar-refractivity contribution in [2.45, 2.75) is 46.5 Å². The summed E-state index contributed by atoms with van der Waals surface area (Å²) in [5.41, 5.74) is 0.736. The third-order valence-electron chi connectivity index (χ3n) is 2.11. The van der Waals surface area contributed by atoms with Gasteiger partial charge in [0.25, 0.3) is 0 Å². The maximum Gasteiger partial charge on any atom is 0.227 e. The summed E-state index contributed by atoms with van der Waals surface area (Å²) in [6.07, 6.45) is 4.18. The zero-order valence-electron chi connectivity index (χ0n) is 9.02. The van der Waals surface area contributed by atoms with Crippen molar-refractivity contribution >= 4 is 5.91 Å². The fourth-order valence-electron chi connectivity index (χ4n) is 1.28. The van der Waals surface area contributed by atoms with Gasteiger partial charge in [0.1, 0.15) is 0 Å². The van der Waals surface area contributed by atoms with Crippen LogP contribution in [0.2, 0.25) is 0 Å². The molecule has 1 atom stereocenters. The van der Waals surface area contributed by atoms with Gasteiger partial charge in [0, 0.05) is 11.6 Å². The van der Waals surface area contributed by atoms with Crippen LogP contribution in [0.15, 0.2) is 12.3 Å². The van der Waals surface area contributed by atoms with Crippen LogP contribution in [0.5, 0.6) is 0 Å². The quantitative estimate of drug-likeness (QED) is 0.674. The molecule has 0 saturated heterocycles. The predicted octanol–water partition coefficient (Wildman–Crippen LogP) is 2.85. The van der Waals surface area contributed by atoms with E-state index in [1.165, 1.54) is 0 Å². The largest absolute Gasteiger partial charge is 0.330 e. The van der Waals surface area contributed by atoms with Crippen molar-refractivity contribution in [3.05, 3.63) is 12.3 Å². The highest BCUT2D eigenvalue weighted by Crippen LogP contribution is 2.12. The fraction of sp³-hybridized carbons (Fsp3) is 0.727. The zero-order chi connectivity index (χ0) is 10.3. The van der Waals surface area contributed by atoms with Crippen LogP contribution in [0.25, 0.3) is 0 Å². The lowest BCUT2D eigenvalue weighted by Crippen LogP contribution is -2.28. The minimum absolute atomic E-state index is 0.128. The maximum atomic E-state index is 11.5. The lowest BCUT2D eigenvalue weighted by atomic mass is 9.98. The van der Waals surface area contributed by atoms with Gasteiger partial charge in [-0.15, -0.1) is 0 Å². The van der Waals surface area contributed by atoms with Crippen LogP contribution in [0.4, 0.5) is 0 Å². The van der Waals surface area contributed by atoms with Crippen molar-refractivity contribution < 1.29 is 4.79 Å². The van der Waals surface area contributed by atoms with Gasteiger partial charge in [-0.05, 0) is 19.8 Å². The second kappa shape index (κ2) is 6.70. The normalized spacial score (nSPS) is 12.2. The van der Waals surface area contributed by atoms with Crippen LogP contribution in [0.3, 0.4) is 0 Å². The SMILES string of the molecule is C=C(C)NC(=O)C(CC)CCCC. The summed E-state index contributed by atoms with van der Waals surface area (Å²) in [5, 5.41) is 2.77. The number of hydrogen-bond donors (Lipinski definition) is 1. The summed E-state index contributed by atoms with van der Waals surface area (Å²) < 4.78 is 0. The van der Waals surface area contributed by atoms with Crippen molar-refractivity contribution in [2.75, 3.05) is 0 Å². The molecule has 0 spiro atoms. The maximum absolute atomic E-state index is 11.5. The van der Waals surface area contributed by atoms with Gasteiger partial charge in [-0.1, -0.05) is 33.3 Å². The minimum atomic E-state index is 0.128. The molecule has 13 heavy (non-hydrogen) atoms. The van der Waals surface area contributed by atoms with Crippen molar-refractivity contribution in [1.29, 1.82) is 0 Å². The molecule has 0 fully saturated rings. The number of hydrogen-bond acceptors (Lipinski definition) is 1. The van der Waals surface area contributed by atoms with Gasteiger partial charge in [-0.25, -0.2) is 0 Å². The minimum Gasteiger partial charge on any atom is -0.330 e. The molecule has 76 valence electrons. The highest BCUT2D eigenvalue weighted by atomic mass is 16.1. The summed E-state index contributed by atoms with van der Waals surface area (Å²) in [6, 6.07) is 0. The number of carbonyl (C=O) groups is 1. The molecule has 0 aliphatic carbocycles. The summed E-state index contributed by atoms with van der Waals surface area (Å²) in [7, 11) is 0. The van der Waals surface area contributed by atoms with Gasteiger partial charge in [0.2, 0.25) is 5.91 Å². The second-order valence-corrected chi connectivity index (χ2v) is 3.52. The number of nitrogens with one attached hydrogen (secondary N) is 1. The average molecular weight is 183 g/mol. The molecule has 0 bridgehead atoms. The van der Waals surface area contributed by atoms with Crippen molar-refractivity contribution in [1.82, 2.24) is 5.32 Å². The smallest absolute Gasteiger partial charge is 0.227 e. The highest BCUT2D eigenvalue weighted by molar-refractivity contribution is 5.80. The van der Waals surface area contributed by atoms with Gasteiger partial charge < -0.3 is 5.32 Å². The van der Waals surface area contributed by atoms with Gasteiger partial charge in [-0.3, -0.25) is 4.79 Å². The molecule has 2 nitrogen and oxygen atoms in total. The average Bonchev–Trinajstić information content (AvgIpc) is 2.04. The number of rotatable bonds is 6. The predicted molar refractivity (Wildman–Crippen MR) is 56.3 cm³/mol. The first-order valence-electron chi connectivity index (χ1n) is 5.08. The van der Waals surface area contributed by atoms with Crippen molar-refractivity contribution in [2.24, 2.45) is 5.92 Å². The highest BCUT2D eigenvalue weighted by Gasteiger charge is 2.14. The number of unbranched alkanes of at least 4 members (excludes halogenated alkanes) is 1. The Bertz CT molecular complexity index is 175. The van der Waals surface area contributed by atoms with Gasteiger partial charge in [-0.2, -0.15) is 0 Å². The molecule has 1 N–H and O–H groups in total. The van der Waals surface area contributed by atoms with Crippen LogP contribution < -0.4 is 5.32 Å². The van der Waals surface area contributed by atoms with E-state index in [-0.39, 0.29) is 11.8 Å². The van der Waals surface area contributed by atoms with Crippen LogP contribution in [-0.4, -0.2) is 5.91 Å². The van der Waals surface area contributed by atoms with Crippen LogP contribution in [0, 0.1) is 5.92 Å². The van der Waals surface area contributed by atoms with E-state index in [4.69, 9.17) is 0 Å². The lowest BCUT2D eigenvalue weighted by molar-refractivity contribution is -0.124. The molecule has 0 heterocycles. The Kier molecular flexibility index (Phi) is 6.29. The third kappa shape index (κ3) is 5.45. The Hall–Kier alpha value is -0.790. The van der Waals surface area contributed by atoms with E-state index in [0.717, 1.165) is 31.4 Å². The first kappa shape index (κ1) is 12.2. The molecular formula is C11H21NO. The van der Waals surface area contributed by atoms with E-state index in [2.05, 4.69) is 25.7 Å². The molecule has 0 aromatic carbocycles. The van der Waals surface area contributed by atoms with E-state index >= 15 is 0 Å². The standard InChI is InChI=1S/C11H21NO/c1-5-7-8-10(6-2)11(13)12-9(3)4/h10H,3,5-8H2,1-2,4H3,(H,12,13). The third-order valence-corrected chi connectivity index (χ3v) is 2.11. The topological polar surface area (TPSA) is 29.1 Å². The Morgan fingerprint density at radius 3 is 2.46 bits per heavy atom. The molecule has 0 saturated carbocycles. The Balaban J connectivity index is 3.91. The van der Waals surface area contributed by atoms with Crippen molar-refractivity contribution in [3.8, 4) is 0 Å².